The zero-order valence-corrected chi connectivity index (χ0v) is 15.2. The number of nitrogens with one attached hydrogen (secondary N) is 1. The second kappa shape index (κ2) is 7.14. The number of piperidine rings is 3. The Labute approximate surface area is 150 Å². The number of hydrogen-bond donors (Lipinski definition) is 1. The highest BCUT2D eigenvalue weighted by molar-refractivity contribution is 5.43. The normalized spacial score (nSPS) is 25.1. The van der Waals surface area contributed by atoms with Crippen LogP contribution in [-0.4, -0.2) is 35.6 Å². The van der Waals surface area contributed by atoms with Crippen LogP contribution in [0.3, 0.4) is 0 Å². The van der Waals surface area contributed by atoms with Gasteiger partial charge in [-0.15, -0.1) is 0 Å². The molecule has 1 atom stereocenters. The summed E-state index contributed by atoms with van der Waals surface area (Å²) in [5.41, 5.74) is 3.41. The van der Waals surface area contributed by atoms with Crippen molar-refractivity contribution in [1.29, 1.82) is 0 Å². The van der Waals surface area contributed by atoms with Crippen molar-refractivity contribution in [1.82, 2.24) is 15.2 Å². The molecule has 25 heavy (non-hydrogen) atoms. The van der Waals surface area contributed by atoms with Crippen LogP contribution < -0.4 is 10.1 Å². The molecule has 0 amide bonds. The Morgan fingerprint density at radius 1 is 1.12 bits per heavy atom. The molecule has 4 heterocycles. The number of hydrogen-bond acceptors (Lipinski definition) is 4. The summed E-state index contributed by atoms with van der Waals surface area (Å²) >= 11 is 0. The zero-order chi connectivity index (χ0) is 17.2. The van der Waals surface area contributed by atoms with E-state index in [2.05, 4.69) is 53.3 Å². The van der Waals surface area contributed by atoms with Crippen LogP contribution >= 0.6 is 0 Å². The molecule has 3 saturated heterocycles. The van der Waals surface area contributed by atoms with Gasteiger partial charge >= 0.3 is 0 Å². The van der Waals surface area contributed by atoms with Crippen molar-refractivity contribution in [2.45, 2.75) is 39.3 Å². The minimum absolute atomic E-state index is 0.593. The van der Waals surface area contributed by atoms with Crippen molar-refractivity contribution in [3.8, 4) is 11.6 Å². The molecule has 0 unspecified atom stereocenters. The highest BCUT2D eigenvalue weighted by Crippen LogP contribution is 2.30. The lowest BCUT2D eigenvalue weighted by Crippen LogP contribution is -2.55. The molecule has 1 aromatic carbocycles. The zero-order valence-electron chi connectivity index (χ0n) is 15.2. The highest BCUT2D eigenvalue weighted by Gasteiger charge is 2.33. The third-order valence-electron chi connectivity index (χ3n) is 5.67. The van der Waals surface area contributed by atoms with Crippen LogP contribution in [0.4, 0.5) is 0 Å². The van der Waals surface area contributed by atoms with Crippen molar-refractivity contribution in [3.63, 3.8) is 0 Å². The van der Waals surface area contributed by atoms with E-state index in [9.17, 15) is 0 Å². The topological polar surface area (TPSA) is 37.4 Å². The molecule has 2 bridgehead atoms. The van der Waals surface area contributed by atoms with Gasteiger partial charge in [-0.3, -0.25) is 0 Å². The summed E-state index contributed by atoms with van der Waals surface area (Å²) in [7, 11) is 0. The van der Waals surface area contributed by atoms with E-state index in [-0.39, 0.29) is 0 Å². The Balaban J connectivity index is 1.48. The SMILES string of the molecule is Cc1cccc(C)c1Oc1ncccc1CN[C@H]1CN2CCC1CC2. The lowest BCUT2D eigenvalue weighted by atomic mass is 9.84. The maximum Gasteiger partial charge on any atom is 0.223 e. The smallest absolute Gasteiger partial charge is 0.223 e. The van der Waals surface area contributed by atoms with Gasteiger partial charge in [-0.25, -0.2) is 4.98 Å². The van der Waals surface area contributed by atoms with Crippen molar-refractivity contribution >= 4 is 0 Å². The number of benzene rings is 1. The van der Waals surface area contributed by atoms with E-state index < -0.39 is 0 Å². The first-order chi connectivity index (χ1) is 12.2. The molecule has 4 nitrogen and oxygen atoms in total. The van der Waals surface area contributed by atoms with Crippen LogP contribution in [0.15, 0.2) is 36.5 Å². The van der Waals surface area contributed by atoms with Gasteiger partial charge in [-0.1, -0.05) is 24.3 Å². The molecule has 3 aliphatic rings. The molecule has 1 N–H and O–H groups in total. The van der Waals surface area contributed by atoms with Crippen molar-refractivity contribution in [3.05, 3.63) is 53.2 Å². The van der Waals surface area contributed by atoms with Gasteiger partial charge in [0.25, 0.3) is 0 Å². The van der Waals surface area contributed by atoms with E-state index in [1.165, 1.54) is 32.5 Å². The molecule has 132 valence electrons. The molecule has 2 aromatic rings. The molecule has 3 fully saturated rings. The molecule has 0 saturated carbocycles. The van der Waals surface area contributed by atoms with E-state index in [1.54, 1.807) is 6.20 Å². The van der Waals surface area contributed by atoms with Crippen LogP contribution in [0.5, 0.6) is 11.6 Å². The number of aryl methyl sites for hydroxylation is 2. The Morgan fingerprint density at radius 3 is 2.56 bits per heavy atom. The lowest BCUT2D eigenvalue weighted by Gasteiger charge is -2.45. The summed E-state index contributed by atoms with van der Waals surface area (Å²) in [6.07, 6.45) is 4.47. The average molecular weight is 337 g/mol. The summed E-state index contributed by atoms with van der Waals surface area (Å²) < 4.78 is 6.21. The highest BCUT2D eigenvalue weighted by atomic mass is 16.5. The van der Waals surface area contributed by atoms with Crippen molar-refractivity contribution in [2.24, 2.45) is 5.92 Å². The van der Waals surface area contributed by atoms with Crippen molar-refractivity contribution < 1.29 is 4.74 Å². The monoisotopic (exact) mass is 337 g/mol. The van der Waals surface area contributed by atoms with E-state index in [0.717, 1.165) is 34.9 Å². The summed E-state index contributed by atoms with van der Waals surface area (Å²) in [5.74, 6) is 2.46. The Bertz CT molecular complexity index is 717. The maximum absolute atomic E-state index is 6.21. The van der Waals surface area contributed by atoms with Gasteiger partial charge in [0.1, 0.15) is 5.75 Å². The van der Waals surface area contributed by atoms with Gasteiger partial charge in [0.2, 0.25) is 5.88 Å². The van der Waals surface area contributed by atoms with Gasteiger partial charge in [-0.2, -0.15) is 0 Å². The number of fused-ring (bicyclic) bond motifs is 3. The minimum Gasteiger partial charge on any atom is -0.438 e. The maximum atomic E-state index is 6.21. The van der Waals surface area contributed by atoms with E-state index in [1.807, 2.05) is 6.07 Å². The second-order valence-corrected chi connectivity index (χ2v) is 7.42. The first-order valence-corrected chi connectivity index (χ1v) is 9.34. The van der Waals surface area contributed by atoms with Crippen LogP contribution in [0, 0.1) is 19.8 Å². The van der Waals surface area contributed by atoms with E-state index in [4.69, 9.17) is 4.74 Å². The van der Waals surface area contributed by atoms with Crippen molar-refractivity contribution in [2.75, 3.05) is 19.6 Å². The molecular weight excluding hydrogens is 310 g/mol. The first kappa shape index (κ1) is 16.6. The quantitative estimate of drug-likeness (QED) is 0.903. The Kier molecular flexibility index (Phi) is 4.73. The summed E-state index contributed by atoms with van der Waals surface area (Å²) in [6.45, 7) is 8.70. The van der Waals surface area contributed by atoms with Gasteiger partial charge in [0.05, 0.1) is 0 Å². The molecule has 0 aliphatic carbocycles. The predicted molar refractivity (Wildman–Crippen MR) is 100 cm³/mol. The minimum atomic E-state index is 0.593. The number of nitrogens with zero attached hydrogens (tertiary/aromatic N) is 2. The number of aromatic nitrogens is 1. The summed E-state index contributed by atoms with van der Waals surface area (Å²) in [4.78, 5) is 7.07. The van der Waals surface area contributed by atoms with Crippen LogP contribution in [0.2, 0.25) is 0 Å². The molecule has 4 heteroatoms. The molecular formula is C21H27N3O. The molecule has 1 aromatic heterocycles. The molecule has 0 radical (unpaired) electrons. The van der Waals surface area contributed by atoms with Crippen LogP contribution in [0.1, 0.15) is 29.5 Å². The fourth-order valence-electron chi connectivity index (χ4n) is 4.14. The average Bonchev–Trinajstić information content (AvgIpc) is 2.65. The third-order valence-corrected chi connectivity index (χ3v) is 5.67. The largest absolute Gasteiger partial charge is 0.438 e. The van der Waals surface area contributed by atoms with E-state index >= 15 is 0 Å². The fraction of sp³-hybridized carbons (Fsp3) is 0.476. The second-order valence-electron chi connectivity index (χ2n) is 7.42. The van der Waals surface area contributed by atoms with Crippen LogP contribution in [0.25, 0.3) is 0 Å². The van der Waals surface area contributed by atoms with Gasteiger partial charge < -0.3 is 15.0 Å². The summed E-state index contributed by atoms with van der Waals surface area (Å²) in [6, 6.07) is 10.9. The standard InChI is InChI=1S/C21H27N3O/c1-15-5-3-6-16(2)20(15)25-21-18(7-4-10-22-21)13-23-19-14-24-11-8-17(19)9-12-24/h3-7,10,17,19,23H,8-9,11-14H2,1-2H3/t19-/m0/s1. The predicted octanol–water partition coefficient (Wildman–Crippen LogP) is 3.67. The third kappa shape index (κ3) is 3.55. The molecule has 5 rings (SSSR count). The lowest BCUT2D eigenvalue weighted by molar-refractivity contribution is 0.0719. The Morgan fingerprint density at radius 2 is 1.88 bits per heavy atom. The number of pyridine rings is 1. The molecule has 3 aliphatic heterocycles. The number of rotatable bonds is 5. The number of para-hydroxylation sites is 1. The summed E-state index contributed by atoms with van der Waals surface area (Å²) in [5, 5.41) is 3.76. The van der Waals surface area contributed by atoms with Gasteiger partial charge in [0.15, 0.2) is 0 Å². The Hall–Kier alpha value is -1.91. The van der Waals surface area contributed by atoms with Gasteiger partial charge in [-0.05, 0) is 62.9 Å². The van der Waals surface area contributed by atoms with Crippen LogP contribution in [-0.2, 0) is 6.54 Å². The molecule has 0 spiro atoms. The fourth-order valence-corrected chi connectivity index (χ4v) is 4.14. The van der Waals surface area contributed by atoms with Gasteiger partial charge in [0, 0.05) is 30.9 Å². The first-order valence-electron chi connectivity index (χ1n) is 9.34. The van der Waals surface area contributed by atoms with E-state index in [0.29, 0.717) is 11.9 Å². The number of ether oxygens (including phenoxy) is 1.